The predicted octanol–water partition coefficient (Wildman–Crippen LogP) is 1.76. The molecule has 6 heteroatoms. The summed E-state index contributed by atoms with van der Waals surface area (Å²) in [6.45, 7) is 1.63. The molecule has 1 aromatic heterocycles. The maximum Gasteiger partial charge on any atom is 0.233 e. The van der Waals surface area contributed by atoms with E-state index >= 15 is 0 Å². The number of para-hydroxylation sites is 2. The van der Waals surface area contributed by atoms with Crippen LogP contribution in [-0.2, 0) is 17.8 Å². The summed E-state index contributed by atoms with van der Waals surface area (Å²) in [6, 6.07) is 19.0. The second-order valence-corrected chi connectivity index (χ2v) is 7.01. The van der Waals surface area contributed by atoms with Gasteiger partial charge in [0.25, 0.3) is 0 Å². The van der Waals surface area contributed by atoms with Crippen molar-refractivity contribution in [2.45, 2.75) is 31.5 Å². The van der Waals surface area contributed by atoms with Gasteiger partial charge < -0.3 is 20.9 Å². The summed E-state index contributed by atoms with van der Waals surface area (Å²) in [6.07, 6.45) is 1.77. The van der Waals surface area contributed by atoms with Crippen molar-refractivity contribution in [1.29, 1.82) is 0 Å². The summed E-state index contributed by atoms with van der Waals surface area (Å²) in [7, 11) is 0. The van der Waals surface area contributed by atoms with Gasteiger partial charge in [0.1, 0.15) is 5.82 Å². The lowest BCUT2D eigenvalue weighted by Crippen LogP contribution is -2.39. The van der Waals surface area contributed by atoms with Crippen molar-refractivity contribution in [3.8, 4) is 0 Å². The number of aryl methyl sites for hydroxylation is 2. The van der Waals surface area contributed by atoms with Crippen molar-refractivity contribution in [3.05, 3.63) is 66.0 Å². The molecule has 1 amide bonds. The Hall–Kier alpha value is -2.70. The molecule has 27 heavy (non-hydrogen) atoms. The van der Waals surface area contributed by atoms with E-state index in [1.165, 1.54) is 5.56 Å². The second-order valence-electron chi connectivity index (χ2n) is 7.01. The monoisotopic (exact) mass is 363 g/mol. The molecule has 2 heterocycles. The number of fused-ring (bicyclic) bond motifs is 1. The number of carbonyl (C=O) groups excluding carboxylic acids is 1. The van der Waals surface area contributed by atoms with Crippen molar-refractivity contribution < 1.29 is 4.79 Å². The van der Waals surface area contributed by atoms with E-state index in [4.69, 9.17) is 10.7 Å². The number of imidazole rings is 1. The molecule has 6 nitrogen and oxygen atoms in total. The molecule has 0 spiro atoms. The lowest BCUT2D eigenvalue weighted by Gasteiger charge is -2.15. The average Bonchev–Trinajstić information content (AvgIpc) is 3.31. The lowest BCUT2D eigenvalue weighted by atomic mass is 10.1. The number of aromatic nitrogens is 2. The van der Waals surface area contributed by atoms with E-state index in [-0.39, 0.29) is 24.5 Å². The Morgan fingerprint density at radius 3 is 2.78 bits per heavy atom. The fraction of sp³-hybridized carbons (Fsp3) is 0.333. The maximum absolute atomic E-state index is 11.6. The third-order valence-corrected chi connectivity index (χ3v) is 5.14. The molecule has 2 aromatic carbocycles. The van der Waals surface area contributed by atoms with Crippen LogP contribution in [0.2, 0.25) is 0 Å². The quantitative estimate of drug-likeness (QED) is 0.623. The van der Waals surface area contributed by atoms with Gasteiger partial charge in [-0.1, -0.05) is 42.5 Å². The van der Waals surface area contributed by atoms with Gasteiger partial charge in [0.15, 0.2) is 0 Å². The number of benzene rings is 2. The molecule has 1 aliphatic heterocycles. The molecule has 0 unspecified atom stereocenters. The van der Waals surface area contributed by atoms with E-state index in [9.17, 15) is 4.79 Å². The number of hydrogen-bond donors (Lipinski definition) is 3. The molecular weight excluding hydrogens is 338 g/mol. The number of nitrogens with one attached hydrogen (secondary N) is 2. The van der Waals surface area contributed by atoms with E-state index in [2.05, 4.69) is 57.7 Å². The van der Waals surface area contributed by atoms with Crippen LogP contribution in [-0.4, -0.2) is 34.6 Å². The van der Waals surface area contributed by atoms with Gasteiger partial charge in [-0.25, -0.2) is 4.98 Å². The standard InChI is InChI=1S/C21H25N5O/c22-13-20(27)24-16-12-18(23-14-16)21-25-17-8-4-5-9-19(17)26(21)11-10-15-6-2-1-3-7-15/h1-9,16,18,23H,10-14,22H2,(H,24,27)/t16-,18+/m1/s1. The minimum Gasteiger partial charge on any atom is -0.351 e. The van der Waals surface area contributed by atoms with Crippen molar-refractivity contribution in [1.82, 2.24) is 20.2 Å². The Kier molecular flexibility index (Phi) is 5.18. The van der Waals surface area contributed by atoms with Gasteiger partial charge in [0.05, 0.1) is 23.6 Å². The number of nitrogens with zero attached hydrogens (tertiary/aromatic N) is 2. The molecule has 0 aliphatic carbocycles. The van der Waals surface area contributed by atoms with Crippen LogP contribution in [0.25, 0.3) is 11.0 Å². The highest BCUT2D eigenvalue weighted by atomic mass is 16.1. The minimum absolute atomic E-state index is 0.0246. The van der Waals surface area contributed by atoms with Gasteiger partial charge in [-0.3, -0.25) is 4.79 Å². The first kappa shape index (κ1) is 17.7. The molecule has 3 aromatic rings. The highest BCUT2D eigenvalue weighted by molar-refractivity contribution is 5.78. The van der Waals surface area contributed by atoms with Crippen molar-refractivity contribution >= 4 is 16.9 Å². The zero-order valence-corrected chi connectivity index (χ0v) is 15.3. The Morgan fingerprint density at radius 1 is 1.19 bits per heavy atom. The van der Waals surface area contributed by atoms with Crippen LogP contribution < -0.4 is 16.4 Å². The predicted molar refractivity (Wildman–Crippen MR) is 106 cm³/mol. The molecular formula is C21H25N5O. The van der Waals surface area contributed by atoms with Gasteiger partial charge in [0, 0.05) is 19.1 Å². The molecule has 1 saturated heterocycles. The summed E-state index contributed by atoms with van der Waals surface area (Å²) in [5, 5.41) is 6.49. The Morgan fingerprint density at radius 2 is 1.96 bits per heavy atom. The Bertz CT molecular complexity index is 921. The molecule has 0 radical (unpaired) electrons. The first-order chi connectivity index (χ1) is 13.2. The molecule has 2 atom stereocenters. The number of amides is 1. The van der Waals surface area contributed by atoms with Crippen LogP contribution in [0.4, 0.5) is 0 Å². The SMILES string of the molecule is NCC(=O)N[C@H]1CN[C@H](c2nc3ccccc3n2CCc2ccccc2)C1. The molecule has 1 aliphatic rings. The van der Waals surface area contributed by atoms with Crippen LogP contribution >= 0.6 is 0 Å². The van der Waals surface area contributed by atoms with Gasteiger partial charge in [-0.2, -0.15) is 0 Å². The van der Waals surface area contributed by atoms with Gasteiger partial charge >= 0.3 is 0 Å². The topological polar surface area (TPSA) is 85.0 Å². The van der Waals surface area contributed by atoms with Crippen molar-refractivity contribution in [2.75, 3.05) is 13.1 Å². The van der Waals surface area contributed by atoms with E-state index in [0.717, 1.165) is 42.8 Å². The zero-order chi connectivity index (χ0) is 18.6. The summed E-state index contributed by atoms with van der Waals surface area (Å²) in [5.41, 5.74) is 8.89. The highest BCUT2D eigenvalue weighted by Crippen LogP contribution is 2.27. The summed E-state index contributed by atoms with van der Waals surface area (Å²) in [4.78, 5) is 16.5. The average molecular weight is 363 g/mol. The van der Waals surface area contributed by atoms with E-state index in [1.807, 2.05) is 12.1 Å². The summed E-state index contributed by atoms with van der Waals surface area (Å²) in [5.74, 6) is 0.927. The molecule has 1 fully saturated rings. The Labute approximate surface area is 158 Å². The first-order valence-electron chi connectivity index (χ1n) is 9.46. The van der Waals surface area contributed by atoms with E-state index < -0.39 is 0 Å². The summed E-state index contributed by atoms with van der Waals surface area (Å²) >= 11 is 0. The van der Waals surface area contributed by atoms with E-state index in [1.54, 1.807) is 0 Å². The second kappa shape index (κ2) is 7.90. The molecule has 0 saturated carbocycles. The fourth-order valence-electron chi connectivity index (χ4n) is 3.81. The van der Waals surface area contributed by atoms with Crippen molar-refractivity contribution in [3.63, 3.8) is 0 Å². The fourth-order valence-corrected chi connectivity index (χ4v) is 3.81. The third kappa shape index (κ3) is 3.86. The number of nitrogens with two attached hydrogens (primary N) is 1. The lowest BCUT2D eigenvalue weighted by molar-refractivity contribution is -0.120. The van der Waals surface area contributed by atoms with Gasteiger partial charge in [-0.05, 0) is 30.5 Å². The van der Waals surface area contributed by atoms with Crippen LogP contribution in [0, 0.1) is 0 Å². The molecule has 140 valence electrons. The van der Waals surface area contributed by atoms with Crippen LogP contribution in [0.5, 0.6) is 0 Å². The maximum atomic E-state index is 11.6. The largest absolute Gasteiger partial charge is 0.351 e. The van der Waals surface area contributed by atoms with Gasteiger partial charge in [-0.15, -0.1) is 0 Å². The zero-order valence-electron chi connectivity index (χ0n) is 15.3. The number of rotatable bonds is 6. The molecule has 4 N–H and O–H groups in total. The van der Waals surface area contributed by atoms with Gasteiger partial charge in [0.2, 0.25) is 5.91 Å². The summed E-state index contributed by atoms with van der Waals surface area (Å²) < 4.78 is 2.31. The first-order valence-corrected chi connectivity index (χ1v) is 9.46. The highest BCUT2D eigenvalue weighted by Gasteiger charge is 2.30. The molecule has 4 rings (SSSR count). The van der Waals surface area contributed by atoms with Crippen LogP contribution in [0.15, 0.2) is 54.6 Å². The molecule has 0 bridgehead atoms. The smallest absolute Gasteiger partial charge is 0.233 e. The van der Waals surface area contributed by atoms with Crippen LogP contribution in [0.3, 0.4) is 0 Å². The normalized spacial score (nSPS) is 19.4. The van der Waals surface area contributed by atoms with Crippen LogP contribution in [0.1, 0.15) is 23.9 Å². The Balaban J connectivity index is 1.58. The van der Waals surface area contributed by atoms with Crippen molar-refractivity contribution in [2.24, 2.45) is 5.73 Å². The minimum atomic E-state index is -0.111. The number of hydrogen-bond acceptors (Lipinski definition) is 4. The van der Waals surface area contributed by atoms with E-state index in [0.29, 0.717) is 0 Å². The third-order valence-electron chi connectivity index (χ3n) is 5.14. The number of carbonyl (C=O) groups is 1.